The van der Waals surface area contributed by atoms with Crippen LogP contribution in [-0.4, -0.2) is 47.3 Å². The smallest absolute Gasteiger partial charge is 0.137 e. The summed E-state index contributed by atoms with van der Waals surface area (Å²) in [6, 6.07) is 17.7. The van der Waals surface area contributed by atoms with Crippen LogP contribution >= 0.6 is 0 Å². The third-order valence-corrected chi connectivity index (χ3v) is 4.73. The summed E-state index contributed by atoms with van der Waals surface area (Å²) in [5.41, 5.74) is 3.01. The Labute approximate surface area is 165 Å². The predicted molar refractivity (Wildman–Crippen MR) is 109 cm³/mol. The number of ether oxygens (including phenoxy) is 2. The molecule has 1 unspecified atom stereocenters. The van der Waals surface area contributed by atoms with Gasteiger partial charge in [-0.15, -0.1) is 6.42 Å². The molecule has 1 atom stereocenters. The van der Waals surface area contributed by atoms with Crippen LogP contribution in [0, 0.1) is 12.3 Å². The number of nitrogens with one attached hydrogen (secondary N) is 1. The number of hydrogen-bond acceptors (Lipinski definition) is 4. The molecule has 1 N–H and O–H groups in total. The molecule has 2 heterocycles. The lowest BCUT2D eigenvalue weighted by Gasteiger charge is -2.32. The van der Waals surface area contributed by atoms with E-state index in [1.807, 2.05) is 48.7 Å². The van der Waals surface area contributed by atoms with Gasteiger partial charge in [0.05, 0.1) is 6.61 Å². The molecule has 5 nitrogen and oxygen atoms in total. The van der Waals surface area contributed by atoms with Crippen LogP contribution in [0.1, 0.15) is 11.3 Å². The fourth-order valence-corrected chi connectivity index (χ4v) is 3.31. The van der Waals surface area contributed by atoms with Gasteiger partial charge in [0, 0.05) is 42.7 Å². The number of imidazole rings is 1. The van der Waals surface area contributed by atoms with E-state index in [-0.39, 0.29) is 6.10 Å². The molecule has 28 heavy (non-hydrogen) atoms. The van der Waals surface area contributed by atoms with Gasteiger partial charge in [0.2, 0.25) is 0 Å². The molecule has 1 aliphatic rings. The number of aromatic amines is 1. The summed E-state index contributed by atoms with van der Waals surface area (Å²) in [5.74, 6) is 4.30. The minimum absolute atomic E-state index is 0.0276. The maximum Gasteiger partial charge on any atom is 0.137 e. The van der Waals surface area contributed by atoms with E-state index in [9.17, 15) is 0 Å². The molecule has 3 aromatic rings. The Bertz CT molecular complexity index is 946. The van der Waals surface area contributed by atoms with Crippen molar-refractivity contribution in [3.63, 3.8) is 0 Å². The van der Waals surface area contributed by atoms with Crippen LogP contribution in [0.15, 0.2) is 60.8 Å². The van der Waals surface area contributed by atoms with E-state index in [0.29, 0.717) is 13.2 Å². The summed E-state index contributed by atoms with van der Waals surface area (Å²) < 4.78 is 11.7. The Kier molecular flexibility index (Phi) is 5.72. The molecule has 2 aromatic carbocycles. The Morgan fingerprint density at radius 3 is 2.96 bits per heavy atom. The van der Waals surface area contributed by atoms with Gasteiger partial charge in [0.15, 0.2) is 0 Å². The first kappa shape index (κ1) is 18.3. The SMILES string of the molecule is C#Cc1cccc(OCC2CN(Cc3cnc(-c4ccccc4)[nH]3)CCO2)c1. The number of nitrogens with zero attached hydrogens (tertiary/aromatic N) is 2. The van der Waals surface area contributed by atoms with Crippen LogP contribution in [-0.2, 0) is 11.3 Å². The fourth-order valence-electron chi connectivity index (χ4n) is 3.31. The lowest BCUT2D eigenvalue weighted by Crippen LogP contribution is -2.44. The third-order valence-electron chi connectivity index (χ3n) is 4.73. The summed E-state index contributed by atoms with van der Waals surface area (Å²) in [4.78, 5) is 10.3. The van der Waals surface area contributed by atoms with E-state index in [2.05, 4.69) is 32.9 Å². The van der Waals surface area contributed by atoms with Gasteiger partial charge in [-0.2, -0.15) is 0 Å². The van der Waals surface area contributed by atoms with Gasteiger partial charge in [-0.1, -0.05) is 42.3 Å². The van der Waals surface area contributed by atoms with Crippen molar-refractivity contribution in [2.24, 2.45) is 0 Å². The van der Waals surface area contributed by atoms with E-state index < -0.39 is 0 Å². The molecule has 1 fully saturated rings. The molecule has 1 saturated heterocycles. The zero-order valence-electron chi connectivity index (χ0n) is 15.7. The number of aromatic nitrogens is 2. The zero-order valence-corrected chi connectivity index (χ0v) is 15.7. The molecule has 0 spiro atoms. The Morgan fingerprint density at radius 1 is 1.21 bits per heavy atom. The number of terminal acetylenes is 1. The van der Waals surface area contributed by atoms with Crippen molar-refractivity contribution < 1.29 is 9.47 Å². The minimum Gasteiger partial charge on any atom is -0.491 e. The normalized spacial score (nSPS) is 17.2. The highest BCUT2D eigenvalue weighted by molar-refractivity contribution is 5.54. The van der Waals surface area contributed by atoms with Crippen LogP contribution in [0.5, 0.6) is 5.75 Å². The van der Waals surface area contributed by atoms with E-state index in [1.165, 1.54) is 0 Å². The number of morpholine rings is 1. The van der Waals surface area contributed by atoms with Crippen molar-refractivity contribution >= 4 is 0 Å². The zero-order chi connectivity index (χ0) is 19.2. The highest BCUT2D eigenvalue weighted by Crippen LogP contribution is 2.17. The molecule has 4 rings (SSSR count). The first-order chi connectivity index (χ1) is 13.8. The summed E-state index contributed by atoms with van der Waals surface area (Å²) in [6.45, 7) is 3.71. The van der Waals surface area contributed by atoms with Crippen molar-refractivity contribution in [2.75, 3.05) is 26.3 Å². The number of H-pyrrole nitrogens is 1. The van der Waals surface area contributed by atoms with Crippen LogP contribution in [0.3, 0.4) is 0 Å². The van der Waals surface area contributed by atoms with Gasteiger partial charge >= 0.3 is 0 Å². The molecule has 142 valence electrons. The number of benzene rings is 2. The van der Waals surface area contributed by atoms with Gasteiger partial charge in [-0.25, -0.2) is 4.98 Å². The molecule has 0 aliphatic carbocycles. The second-order valence-electron chi connectivity index (χ2n) is 6.83. The monoisotopic (exact) mass is 373 g/mol. The summed E-state index contributed by atoms with van der Waals surface area (Å²) in [5, 5.41) is 0. The largest absolute Gasteiger partial charge is 0.491 e. The number of rotatable bonds is 6. The Morgan fingerprint density at radius 2 is 2.11 bits per heavy atom. The Balaban J connectivity index is 1.31. The molecule has 0 amide bonds. The predicted octanol–water partition coefficient (Wildman–Crippen LogP) is 3.34. The van der Waals surface area contributed by atoms with Crippen molar-refractivity contribution in [3.05, 3.63) is 72.1 Å². The van der Waals surface area contributed by atoms with Crippen LogP contribution < -0.4 is 4.74 Å². The van der Waals surface area contributed by atoms with Crippen LogP contribution in [0.25, 0.3) is 11.4 Å². The highest BCUT2D eigenvalue weighted by Gasteiger charge is 2.22. The van der Waals surface area contributed by atoms with Crippen molar-refractivity contribution in [2.45, 2.75) is 12.6 Å². The van der Waals surface area contributed by atoms with Gasteiger partial charge < -0.3 is 14.5 Å². The molecule has 1 aliphatic heterocycles. The average Bonchev–Trinajstić information content (AvgIpc) is 3.22. The summed E-state index contributed by atoms with van der Waals surface area (Å²) in [7, 11) is 0. The van der Waals surface area contributed by atoms with Crippen molar-refractivity contribution in [1.82, 2.24) is 14.9 Å². The second-order valence-corrected chi connectivity index (χ2v) is 6.83. The standard InChI is InChI=1S/C23H23N3O2/c1-2-18-7-6-10-21(13-18)28-17-22-16-26(11-12-27-22)15-20-14-24-23(25-20)19-8-4-3-5-9-19/h1,3-10,13-14,22H,11-12,15-17H2,(H,24,25). The topological polar surface area (TPSA) is 50.4 Å². The maximum atomic E-state index is 5.88. The van der Waals surface area contributed by atoms with Crippen molar-refractivity contribution in [3.8, 4) is 29.5 Å². The van der Waals surface area contributed by atoms with Crippen LogP contribution in [0.4, 0.5) is 0 Å². The lowest BCUT2D eigenvalue weighted by molar-refractivity contribution is -0.0506. The quantitative estimate of drug-likeness (QED) is 0.674. The van der Waals surface area contributed by atoms with Crippen molar-refractivity contribution in [1.29, 1.82) is 0 Å². The summed E-state index contributed by atoms with van der Waals surface area (Å²) >= 11 is 0. The molecule has 0 radical (unpaired) electrons. The molecule has 5 heteroatoms. The Hall–Kier alpha value is -3.07. The van der Waals surface area contributed by atoms with Crippen LogP contribution in [0.2, 0.25) is 0 Å². The second kappa shape index (κ2) is 8.75. The van der Waals surface area contributed by atoms with Gasteiger partial charge in [0.25, 0.3) is 0 Å². The first-order valence-corrected chi connectivity index (χ1v) is 9.43. The molecular weight excluding hydrogens is 350 g/mol. The maximum absolute atomic E-state index is 5.88. The van der Waals surface area contributed by atoms with E-state index in [4.69, 9.17) is 15.9 Å². The summed E-state index contributed by atoms with van der Waals surface area (Å²) in [6.07, 6.45) is 7.38. The third kappa shape index (κ3) is 4.61. The molecule has 1 aromatic heterocycles. The molecule has 0 bridgehead atoms. The molecule has 0 saturated carbocycles. The van der Waals surface area contributed by atoms with Gasteiger partial charge in [0.1, 0.15) is 24.3 Å². The van der Waals surface area contributed by atoms with Gasteiger partial charge in [-0.3, -0.25) is 4.90 Å². The minimum atomic E-state index is 0.0276. The average molecular weight is 373 g/mol. The lowest BCUT2D eigenvalue weighted by atomic mass is 10.2. The molecular formula is C23H23N3O2. The van der Waals surface area contributed by atoms with E-state index >= 15 is 0 Å². The van der Waals surface area contributed by atoms with E-state index in [1.54, 1.807) is 0 Å². The number of hydrogen-bond donors (Lipinski definition) is 1. The highest BCUT2D eigenvalue weighted by atomic mass is 16.5. The first-order valence-electron chi connectivity index (χ1n) is 9.43. The van der Waals surface area contributed by atoms with E-state index in [0.717, 1.165) is 48.0 Å². The fraction of sp³-hybridized carbons (Fsp3) is 0.261. The van der Waals surface area contributed by atoms with Gasteiger partial charge in [-0.05, 0) is 18.2 Å².